The predicted octanol–water partition coefficient (Wildman–Crippen LogP) is 10.6. The lowest BCUT2D eigenvalue weighted by molar-refractivity contribution is -0.156. The maximum Gasteiger partial charge on any atom is 0.407 e. The number of alkyl carbamates (subject to hydrolysis) is 1. The molecule has 33 nitrogen and oxygen atoms in total. The van der Waals surface area contributed by atoms with Gasteiger partial charge in [-0.15, -0.1) is 0 Å². The van der Waals surface area contributed by atoms with Crippen LogP contribution in [-0.4, -0.2) is 276 Å². The molecule has 132 heavy (non-hydrogen) atoms. The number of nitrogens with zero attached hydrogens (tertiary/aromatic N) is 4. The van der Waals surface area contributed by atoms with Crippen molar-refractivity contribution in [3.05, 3.63) is 59.7 Å². The normalized spacial score (nSPS) is 11.9. The number of hydrogen-bond donors (Lipinski definition) is 10. The minimum absolute atomic E-state index is 0.0272. The molecule has 0 saturated carbocycles. The highest BCUT2D eigenvalue weighted by atomic mass is 16.6. The average Bonchev–Trinajstić information content (AvgIpc) is 1.61. The zero-order valence-electron chi connectivity index (χ0n) is 82.6. The zero-order valence-corrected chi connectivity index (χ0v) is 82.6. The maximum atomic E-state index is 14.2. The second-order valence-electron chi connectivity index (χ2n) is 38.0. The van der Waals surface area contributed by atoms with E-state index < -0.39 is 52.8 Å². The summed E-state index contributed by atoms with van der Waals surface area (Å²) >= 11 is 0. The third-order valence-corrected chi connectivity index (χ3v) is 21.3. The van der Waals surface area contributed by atoms with Gasteiger partial charge in [-0.3, -0.25) is 62.3 Å². The van der Waals surface area contributed by atoms with Crippen LogP contribution in [-0.2, 0) is 86.0 Å². The van der Waals surface area contributed by atoms with Gasteiger partial charge in [0.2, 0.25) is 53.2 Å². The minimum Gasteiger partial charge on any atom is -0.460 e. The lowest BCUT2D eigenvalue weighted by Crippen LogP contribution is -2.48. The van der Waals surface area contributed by atoms with Gasteiger partial charge in [0.15, 0.2) is 0 Å². The molecule has 1 aliphatic carbocycles. The van der Waals surface area contributed by atoms with E-state index in [1.54, 1.807) is 4.90 Å². The van der Waals surface area contributed by atoms with E-state index in [1.807, 2.05) is 114 Å². The number of rotatable bonds is 73. The molecule has 10 N–H and O–H groups in total. The quantitative estimate of drug-likeness (QED) is 0.0167. The fraction of sp³-hybridized carbons (Fsp3) is 0.737. The molecule has 748 valence electrons. The van der Waals surface area contributed by atoms with E-state index >= 15 is 0 Å². The number of benzene rings is 2. The molecule has 10 amide bonds. The highest BCUT2D eigenvalue weighted by molar-refractivity contribution is 5.88. The molecule has 3 rings (SSSR count). The summed E-state index contributed by atoms with van der Waals surface area (Å²) in [4.78, 5) is 190. The van der Waals surface area contributed by atoms with Crippen LogP contribution in [0.2, 0.25) is 0 Å². The Morgan fingerprint density at radius 1 is 0.273 bits per heavy atom. The van der Waals surface area contributed by atoms with E-state index in [2.05, 4.69) is 77.4 Å². The Morgan fingerprint density at radius 2 is 0.523 bits per heavy atom. The molecule has 0 unspecified atom stereocenters. The first-order chi connectivity index (χ1) is 62.8. The summed E-state index contributed by atoms with van der Waals surface area (Å²) < 4.78 is 27.3. The number of carbonyl (C=O) groups is 14. The van der Waals surface area contributed by atoms with Gasteiger partial charge in [0.1, 0.15) is 29.0 Å². The van der Waals surface area contributed by atoms with Gasteiger partial charge in [0, 0.05) is 142 Å². The van der Waals surface area contributed by atoms with Gasteiger partial charge in [0.25, 0.3) is 0 Å². The van der Waals surface area contributed by atoms with E-state index in [4.69, 9.17) is 23.7 Å². The summed E-state index contributed by atoms with van der Waals surface area (Å²) in [6.45, 7) is 29.8. The summed E-state index contributed by atoms with van der Waals surface area (Å²) in [6, 6.07) is 16.3. The van der Waals surface area contributed by atoms with Crippen molar-refractivity contribution in [1.82, 2.24) is 72.8 Å². The highest BCUT2D eigenvalue weighted by Crippen LogP contribution is 2.44. The number of carbonyl (C=O) groups excluding carboxylic acids is 14. The van der Waals surface area contributed by atoms with Crippen molar-refractivity contribution in [2.45, 2.75) is 324 Å². The molecular formula is C99H168N14O19. The number of likely N-dealkylation sites (N-methyl/N-ethyl adjacent to an activating group) is 1. The average molecular weight is 1860 g/mol. The lowest BCUT2D eigenvalue weighted by Gasteiger charge is -2.25. The Kier molecular flexibility index (Phi) is 60.0. The van der Waals surface area contributed by atoms with Crippen molar-refractivity contribution >= 4 is 83.1 Å². The summed E-state index contributed by atoms with van der Waals surface area (Å²) in [7, 11) is 0. The SMILES string of the molecule is CCN(CCNC(=O)CN(CCNC(=O)CN(CCNC(=O)CN(CCNC(=O)CCCCCNC(=O)CCCCCNC(=O)OCC1c2ccccc2-c2ccccc21)C(=O)CCCCCNCCCC(=O)OC(C)(C)C)C(=O)CCCCCNCCCC(=O)OC(C)(C)C)C(=O)CCCCCNCCCC(=O)OC(C)(C)C)C(=O)CCCCCNCCCC(=O)OC(C)(C)C. The predicted molar refractivity (Wildman–Crippen MR) is 513 cm³/mol. The van der Waals surface area contributed by atoms with E-state index in [9.17, 15) is 67.1 Å². The molecule has 0 atom stereocenters. The summed E-state index contributed by atoms with van der Waals surface area (Å²) in [5.41, 5.74) is 2.40. The monoisotopic (exact) mass is 1860 g/mol. The molecule has 2 aromatic carbocycles. The summed E-state index contributed by atoms with van der Waals surface area (Å²) in [6.07, 6.45) is 16.7. The third kappa shape index (κ3) is 60.0. The van der Waals surface area contributed by atoms with Crippen molar-refractivity contribution in [2.75, 3.05) is 151 Å². The van der Waals surface area contributed by atoms with Crippen LogP contribution in [0.4, 0.5) is 4.79 Å². The fourth-order valence-corrected chi connectivity index (χ4v) is 14.7. The first kappa shape index (κ1) is 117. The van der Waals surface area contributed by atoms with Crippen molar-refractivity contribution in [3.63, 3.8) is 0 Å². The van der Waals surface area contributed by atoms with Crippen molar-refractivity contribution < 1.29 is 90.8 Å². The third-order valence-electron chi connectivity index (χ3n) is 21.3. The Morgan fingerprint density at radius 3 is 0.826 bits per heavy atom. The molecule has 33 heteroatoms. The van der Waals surface area contributed by atoms with Gasteiger partial charge in [0.05, 0.1) is 19.6 Å². The van der Waals surface area contributed by atoms with E-state index in [0.29, 0.717) is 200 Å². The number of unbranched alkanes of at least 4 members (excludes halogenated alkanes) is 12. The Hall–Kier alpha value is -9.34. The first-order valence-electron chi connectivity index (χ1n) is 49.1. The van der Waals surface area contributed by atoms with Crippen LogP contribution < -0.4 is 53.2 Å². The smallest absolute Gasteiger partial charge is 0.407 e. The van der Waals surface area contributed by atoms with Crippen molar-refractivity contribution in [2.24, 2.45) is 0 Å². The number of nitrogens with one attached hydrogen (secondary N) is 10. The van der Waals surface area contributed by atoms with Crippen LogP contribution in [0.15, 0.2) is 48.5 Å². The molecule has 0 radical (unpaired) electrons. The summed E-state index contributed by atoms with van der Waals surface area (Å²) in [5.74, 6) is -3.85. The molecule has 0 saturated heterocycles. The molecule has 0 aromatic heterocycles. The van der Waals surface area contributed by atoms with Gasteiger partial charge < -0.3 is 96.5 Å². The topological polar surface area (TPSA) is 418 Å². The lowest BCUT2D eigenvalue weighted by atomic mass is 9.98. The zero-order chi connectivity index (χ0) is 97.4. The molecule has 0 fully saturated rings. The number of esters is 4. The molecule has 0 heterocycles. The van der Waals surface area contributed by atoms with Crippen LogP contribution in [0.5, 0.6) is 0 Å². The maximum absolute atomic E-state index is 14.2. The van der Waals surface area contributed by atoms with Crippen LogP contribution in [0, 0.1) is 0 Å². The Bertz CT molecular complexity index is 3700. The summed E-state index contributed by atoms with van der Waals surface area (Å²) in [5, 5.41) is 30.6. The molecule has 0 spiro atoms. The second kappa shape index (κ2) is 67.8. The minimum atomic E-state index is -0.570. The number of ether oxygens (including phenoxy) is 5. The second-order valence-corrected chi connectivity index (χ2v) is 38.0. The van der Waals surface area contributed by atoms with Crippen molar-refractivity contribution in [3.8, 4) is 11.1 Å². The van der Waals surface area contributed by atoms with Crippen LogP contribution in [0.3, 0.4) is 0 Å². The first-order valence-corrected chi connectivity index (χ1v) is 49.1. The van der Waals surface area contributed by atoms with E-state index in [1.165, 1.54) is 14.7 Å². The van der Waals surface area contributed by atoms with E-state index in [0.717, 1.165) is 67.3 Å². The molecule has 0 bridgehead atoms. The molecule has 0 aliphatic heterocycles. The standard InChI is InChI=1S/C99H168N14O19/c1-14-110(87(119)47-23-17-31-55-100-59-37-51-91(123)129-96(2,3)4)69-65-106-84(116)73-112(89(121)49-25-19-33-57-102-61-39-53-93(125)131-98(8,9)10)71-67-108-86(118)75-113(90(122)50-26-20-34-58-103-62-40-54-94(126)132-99(11,12)13)72-68-107-85(117)74-111(88(120)48-24-18-32-56-101-60-38-52-92(124)130-97(5,6)7)70-66-105-83(115)46-21-15-35-63-104-82(114)45-22-16-36-64-109-95(127)128-76-81-79-43-29-27-41-77(79)78-42-28-30-44-80(78)81/h27-30,41-44,81,100-103H,14-26,31-40,45-76H2,1-13H3,(H,104,114)(H,105,115)(H,106,116)(H,107,117)(H,108,118)(H,109,127). The molecule has 2 aromatic rings. The Balaban J connectivity index is 1.62. The fourth-order valence-electron chi connectivity index (χ4n) is 14.7. The molecule has 1 aliphatic rings. The van der Waals surface area contributed by atoms with Gasteiger partial charge in [-0.25, -0.2) is 4.79 Å². The highest BCUT2D eigenvalue weighted by Gasteiger charge is 2.30. The Labute approximate surface area is 788 Å². The van der Waals surface area contributed by atoms with Crippen LogP contribution in [0.25, 0.3) is 11.1 Å². The molecular weight excluding hydrogens is 1690 g/mol. The number of hydrogen-bond acceptors (Lipinski definition) is 23. The van der Waals surface area contributed by atoms with Crippen LogP contribution >= 0.6 is 0 Å². The van der Waals surface area contributed by atoms with Gasteiger partial charge in [-0.05, 0) is 267 Å². The largest absolute Gasteiger partial charge is 0.460 e. The number of amides is 10. The van der Waals surface area contributed by atoms with Crippen LogP contribution in [0.1, 0.15) is 313 Å². The van der Waals surface area contributed by atoms with Gasteiger partial charge in [-0.1, -0.05) is 87.1 Å². The van der Waals surface area contributed by atoms with Gasteiger partial charge in [-0.2, -0.15) is 0 Å². The van der Waals surface area contributed by atoms with Crippen molar-refractivity contribution in [1.29, 1.82) is 0 Å². The number of fused-ring (bicyclic) bond motifs is 3. The van der Waals surface area contributed by atoms with Gasteiger partial charge >= 0.3 is 30.0 Å². The van der Waals surface area contributed by atoms with E-state index in [-0.39, 0.29) is 169 Å².